The summed E-state index contributed by atoms with van der Waals surface area (Å²) in [6.45, 7) is 0.178. The van der Waals surface area contributed by atoms with E-state index in [2.05, 4.69) is 5.32 Å². The third kappa shape index (κ3) is 3.77. The average Bonchev–Trinajstić information content (AvgIpc) is 2.56. The van der Waals surface area contributed by atoms with Crippen LogP contribution in [0.25, 0.3) is 0 Å². The van der Waals surface area contributed by atoms with Crippen molar-refractivity contribution >= 4 is 23.7 Å². The topological polar surface area (TPSA) is 75.6 Å². The molecule has 1 saturated carbocycles. The number of ether oxygens (including phenoxy) is 1. The Labute approximate surface area is 150 Å². The number of aliphatic carboxylic acids is 1. The molecule has 0 saturated heterocycles. The second kappa shape index (κ2) is 7.15. The summed E-state index contributed by atoms with van der Waals surface area (Å²) in [5.74, 6) is -0.912. The van der Waals surface area contributed by atoms with Crippen molar-refractivity contribution in [1.82, 2.24) is 5.32 Å². The van der Waals surface area contributed by atoms with Gasteiger partial charge < -0.3 is 15.2 Å². The fourth-order valence-electron chi connectivity index (χ4n) is 3.13. The summed E-state index contributed by atoms with van der Waals surface area (Å²) in [7, 11) is 0. The Kier molecular flexibility index (Phi) is 4.95. The first kappa shape index (κ1) is 17.3. The van der Waals surface area contributed by atoms with Crippen LogP contribution in [0.3, 0.4) is 0 Å². The molecule has 0 radical (unpaired) electrons. The number of hydrogen-bond donors (Lipinski definition) is 2. The minimum Gasteiger partial charge on any atom is -0.481 e. The Morgan fingerprint density at radius 2 is 1.88 bits per heavy atom. The van der Waals surface area contributed by atoms with Crippen molar-refractivity contribution < 1.29 is 19.4 Å². The van der Waals surface area contributed by atoms with Crippen molar-refractivity contribution in [3.8, 4) is 0 Å². The highest BCUT2D eigenvalue weighted by Gasteiger charge is 2.52. The third-order valence-electron chi connectivity index (χ3n) is 4.51. The normalized spacial score (nSPS) is 21.9. The maximum Gasteiger partial charge on any atom is 0.407 e. The molecule has 2 N–H and O–H groups in total. The molecule has 0 unspecified atom stereocenters. The molecule has 5 nitrogen and oxygen atoms in total. The van der Waals surface area contributed by atoms with Crippen molar-refractivity contribution in [2.75, 3.05) is 0 Å². The number of carbonyl (C=O) groups is 2. The van der Waals surface area contributed by atoms with E-state index in [0.29, 0.717) is 23.4 Å². The molecule has 1 aliphatic carbocycles. The van der Waals surface area contributed by atoms with Crippen LogP contribution in [0, 0.1) is 0 Å². The standard InChI is InChI=1S/C19H18ClNO4/c20-15-8-4-7-14(9-15)19(17(22)23)10-16(11-19)21-18(24)25-12-13-5-2-1-3-6-13/h1-9,16H,10-12H2,(H,21,24)(H,22,23). The molecule has 0 aliphatic heterocycles. The van der Waals surface area contributed by atoms with E-state index in [-0.39, 0.29) is 12.6 Å². The molecular weight excluding hydrogens is 342 g/mol. The fraction of sp³-hybridized carbons (Fsp3) is 0.263. The SMILES string of the molecule is O=C(NC1CC(C(=O)O)(c2cccc(Cl)c2)C1)OCc1ccccc1. The van der Waals surface area contributed by atoms with Crippen molar-refractivity contribution in [2.24, 2.45) is 0 Å². The molecular formula is C19H18ClNO4. The zero-order valence-corrected chi connectivity index (χ0v) is 14.2. The number of halogens is 1. The van der Waals surface area contributed by atoms with Crippen molar-refractivity contribution in [3.05, 3.63) is 70.7 Å². The Balaban J connectivity index is 1.56. The minimum absolute atomic E-state index is 0.178. The molecule has 25 heavy (non-hydrogen) atoms. The summed E-state index contributed by atoms with van der Waals surface area (Å²) in [4.78, 5) is 23.7. The number of benzene rings is 2. The maximum atomic E-state index is 11.9. The van der Waals surface area contributed by atoms with Crippen LogP contribution >= 0.6 is 11.6 Å². The van der Waals surface area contributed by atoms with Crippen molar-refractivity contribution in [1.29, 1.82) is 0 Å². The van der Waals surface area contributed by atoms with E-state index in [1.54, 1.807) is 24.3 Å². The second-order valence-corrected chi connectivity index (χ2v) is 6.65. The first-order valence-corrected chi connectivity index (χ1v) is 8.34. The molecule has 0 atom stereocenters. The lowest BCUT2D eigenvalue weighted by Gasteiger charge is -2.44. The van der Waals surface area contributed by atoms with Gasteiger partial charge in [-0.15, -0.1) is 0 Å². The van der Waals surface area contributed by atoms with Crippen molar-refractivity contribution in [2.45, 2.75) is 30.9 Å². The number of nitrogens with one attached hydrogen (secondary N) is 1. The summed E-state index contributed by atoms with van der Waals surface area (Å²) >= 11 is 5.97. The van der Waals surface area contributed by atoms with E-state index < -0.39 is 17.5 Å². The number of rotatable bonds is 5. The number of hydrogen-bond acceptors (Lipinski definition) is 3. The second-order valence-electron chi connectivity index (χ2n) is 6.21. The van der Waals surface area contributed by atoms with Crippen molar-refractivity contribution in [3.63, 3.8) is 0 Å². The number of carbonyl (C=O) groups excluding carboxylic acids is 1. The van der Waals surface area contributed by atoms with E-state index in [9.17, 15) is 14.7 Å². The summed E-state index contributed by atoms with van der Waals surface area (Å²) < 4.78 is 5.17. The van der Waals surface area contributed by atoms with E-state index >= 15 is 0 Å². The quantitative estimate of drug-likeness (QED) is 0.852. The lowest BCUT2D eigenvalue weighted by molar-refractivity contribution is -0.148. The molecule has 0 aromatic heterocycles. The number of alkyl carbamates (subject to hydrolysis) is 1. The lowest BCUT2D eigenvalue weighted by atomic mass is 9.61. The van der Waals surface area contributed by atoms with Crippen LogP contribution in [0.5, 0.6) is 0 Å². The monoisotopic (exact) mass is 359 g/mol. The molecule has 3 rings (SSSR count). The highest BCUT2D eigenvalue weighted by molar-refractivity contribution is 6.30. The van der Waals surface area contributed by atoms with Gasteiger partial charge >= 0.3 is 12.1 Å². The largest absolute Gasteiger partial charge is 0.481 e. The molecule has 1 amide bonds. The van der Waals surface area contributed by atoms with Gasteiger partial charge in [-0.1, -0.05) is 54.1 Å². The molecule has 1 aliphatic rings. The van der Waals surface area contributed by atoms with E-state index in [1.165, 1.54) is 0 Å². The number of carboxylic acid groups (broad SMARTS) is 1. The fourth-order valence-corrected chi connectivity index (χ4v) is 3.33. The number of amides is 1. The van der Waals surface area contributed by atoms with Gasteiger partial charge in [0.2, 0.25) is 0 Å². The van der Waals surface area contributed by atoms with E-state index in [1.807, 2.05) is 30.3 Å². The molecule has 6 heteroatoms. The molecule has 2 aromatic rings. The van der Waals surface area contributed by atoms with Gasteiger partial charge in [0.05, 0.1) is 5.41 Å². The Morgan fingerprint density at radius 3 is 2.52 bits per heavy atom. The molecule has 0 bridgehead atoms. The van der Waals surface area contributed by atoms with Gasteiger partial charge in [0, 0.05) is 11.1 Å². The summed E-state index contributed by atoms with van der Waals surface area (Å²) in [6, 6.07) is 16.0. The van der Waals surface area contributed by atoms with Crippen LogP contribution in [-0.2, 0) is 21.6 Å². The average molecular weight is 360 g/mol. The van der Waals surface area contributed by atoms with Crippen LogP contribution < -0.4 is 5.32 Å². The lowest BCUT2D eigenvalue weighted by Crippen LogP contribution is -2.57. The number of carboxylic acids is 1. The molecule has 0 heterocycles. The molecule has 1 fully saturated rings. The molecule has 130 valence electrons. The van der Waals surface area contributed by atoms with Gasteiger partial charge in [-0.3, -0.25) is 4.79 Å². The minimum atomic E-state index is -1.01. The first-order valence-electron chi connectivity index (χ1n) is 7.96. The summed E-state index contributed by atoms with van der Waals surface area (Å²) in [6.07, 6.45) is 0.0746. The maximum absolute atomic E-state index is 11.9. The smallest absolute Gasteiger partial charge is 0.407 e. The van der Waals surface area contributed by atoms with Gasteiger partial charge in [-0.2, -0.15) is 0 Å². The summed E-state index contributed by atoms with van der Waals surface area (Å²) in [5.41, 5.74) is 0.538. The zero-order valence-electron chi connectivity index (χ0n) is 13.4. The highest BCUT2D eigenvalue weighted by atomic mass is 35.5. The zero-order chi connectivity index (χ0) is 17.9. The van der Waals surface area contributed by atoms with Crippen LogP contribution in [0.1, 0.15) is 24.0 Å². The molecule has 0 spiro atoms. The Bertz CT molecular complexity index is 772. The highest BCUT2D eigenvalue weighted by Crippen LogP contribution is 2.44. The molecule has 2 aromatic carbocycles. The van der Waals surface area contributed by atoms with Gasteiger partial charge in [-0.05, 0) is 36.1 Å². The van der Waals surface area contributed by atoms with Gasteiger partial charge in [0.15, 0.2) is 0 Å². The first-order chi connectivity index (χ1) is 12.0. The predicted octanol–water partition coefficient (Wildman–Crippen LogP) is 3.75. The van der Waals surface area contributed by atoms with Crippen LogP contribution in [0.4, 0.5) is 4.79 Å². The van der Waals surface area contributed by atoms with Gasteiger partial charge in [-0.25, -0.2) is 4.79 Å². The van der Waals surface area contributed by atoms with Gasteiger partial charge in [0.1, 0.15) is 6.61 Å². The Hall–Kier alpha value is -2.53. The van der Waals surface area contributed by atoms with Gasteiger partial charge in [0.25, 0.3) is 0 Å². The van der Waals surface area contributed by atoms with E-state index in [4.69, 9.17) is 16.3 Å². The van der Waals surface area contributed by atoms with E-state index in [0.717, 1.165) is 5.56 Å². The van der Waals surface area contributed by atoms with Crippen LogP contribution in [0.2, 0.25) is 5.02 Å². The third-order valence-corrected chi connectivity index (χ3v) is 4.75. The van der Waals surface area contributed by atoms with Crippen LogP contribution in [0.15, 0.2) is 54.6 Å². The summed E-state index contributed by atoms with van der Waals surface area (Å²) in [5, 5.41) is 12.9. The van der Waals surface area contributed by atoms with Crippen LogP contribution in [-0.4, -0.2) is 23.2 Å². The predicted molar refractivity (Wildman–Crippen MR) is 93.6 cm³/mol. The Morgan fingerprint density at radius 1 is 1.16 bits per heavy atom.